The smallest absolute Gasteiger partial charge is 0.170 e. The SMILES string of the molecule is CCC1(N2CCCCC2)OCCNC1c1noc2cc(F)ccc12. The minimum atomic E-state index is -0.420. The molecule has 0 aliphatic carbocycles. The summed E-state index contributed by atoms with van der Waals surface area (Å²) in [5, 5.41) is 8.73. The molecule has 1 aromatic carbocycles. The molecule has 0 amide bonds. The number of hydrogen-bond acceptors (Lipinski definition) is 5. The molecule has 2 unspecified atom stereocenters. The lowest BCUT2D eigenvalue weighted by Gasteiger charge is -2.51. The van der Waals surface area contributed by atoms with Gasteiger partial charge >= 0.3 is 0 Å². The molecule has 2 aromatic rings. The Morgan fingerprint density at radius 3 is 2.96 bits per heavy atom. The van der Waals surface area contributed by atoms with E-state index < -0.39 is 5.72 Å². The molecule has 6 heteroatoms. The van der Waals surface area contributed by atoms with Crippen molar-refractivity contribution in [2.24, 2.45) is 0 Å². The molecule has 5 nitrogen and oxygen atoms in total. The molecule has 0 bridgehead atoms. The first kappa shape index (κ1) is 16.0. The zero-order valence-electron chi connectivity index (χ0n) is 14.1. The van der Waals surface area contributed by atoms with Gasteiger partial charge in [-0.25, -0.2) is 4.39 Å². The maximum atomic E-state index is 13.5. The van der Waals surface area contributed by atoms with E-state index in [1.54, 1.807) is 6.07 Å². The Balaban J connectivity index is 1.77. The minimum Gasteiger partial charge on any atom is -0.357 e. The second-order valence-corrected chi connectivity index (χ2v) is 6.69. The first-order valence-electron chi connectivity index (χ1n) is 8.92. The highest BCUT2D eigenvalue weighted by molar-refractivity contribution is 5.80. The quantitative estimate of drug-likeness (QED) is 0.935. The number of benzene rings is 1. The van der Waals surface area contributed by atoms with E-state index in [0.29, 0.717) is 12.2 Å². The van der Waals surface area contributed by atoms with Crippen molar-refractivity contribution in [1.82, 2.24) is 15.4 Å². The van der Waals surface area contributed by atoms with Gasteiger partial charge in [0.25, 0.3) is 0 Å². The van der Waals surface area contributed by atoms with Gasteiger partial charge in [0.1, 0.15) is 17.2 Å². The molecule has 1 N–H and O–H groups in total. The van der Waals surface area contributed by atoms with E-state index in [1.165, 1.54) is 31.4 Å². The van der Waals surface area contributed by atoms with Crippen LogP contribution in [0.4, 0.5) is 4.39 Å². The number of fused-ring (bicyclic) bond motifs is 1. The van der Waals surface area contributed by atoms with E-state index in [-0.39, 0.29) is 11.9 Å². The van der Waals surface area contributed by atoms with Crippen LogP contribution < -0.4 is 5.32 Å². The Kier molecular flexibility index (Phi) is 4.28. The van der Waals surface area contributed by atoms with Crippen LogP contribution in [0, 0.1) is 5.82 Å². The summed E-state index contributed by atoms with van der Waals surface area (Å²) in [6.07, 6.45) is 4.53. The number of nitrogens with zero attached hydrogens (tertiary/aromatic N) is 2. The maximum absolute atomic E-state index is 13.5. The van der Waals surface area contributed by atoms with Gasteiger partial charge in [0, 0.05) is 31.1 Å². The third-order valence-electron chi connectivity index (χ3n) is 5.39. The Labute approximate surface area is 141 Å². The average Bonchev–Trinajstić information content (AvgIpc) is 3.05. The van der Waals surface area contributed by atoms with Gasteiger partial charge in [0.2, 0.25) is 0 Å². The molecule has 0 saturated carbocycles. The van der Waals surface area contributed by atoms with Crippen molar-refractivity contribution in [2.45, 2.75) is 44.4 Å². The zero-order valence-corrected chi connectivity index (χ0v) is 14.1. The summed E-state index contributed by atoms with van der Waals surface area (Å²) < 4.78 is 25.2. The Hall–Kier alpha value is -1.50. The molecule has 4 rings (SSSR count). The molecule has 3 heterocycles. The summed E-state index contributed by atoms with van der Waals surface area (Å²) in [5.74, 6) is -0.309. The number of aromatic nitrogens is 1. The molecular formula is C18H24FN3O2. The number of morpholine rings is 1. The zero-order chi connectivity index (χ0) is 16.6. The predicted octanol–water partition coefficient (Wildman–Crippen LogP) is 3.22. The molecule has 0 spiro atoms. The minimum absolute atomic E-state index is 0.0824. The van der Waals surface area contributed by atoms with Crippen molar-refractivity contribution in [2.75, 3.05) is 26.2 Å². The van der Waals surface area contributed by atoms with Gasteiger partial charge in [-0.05, 0) is 31.4 Å². The van der Waals surface area contributed by atoms with Crippen molar-refractivity contribution in [1.29, 1.82) is 0 Å². The number of ether oxygens (including phenoxy) is 1. The highest BCUT2D eigenvalue weighted by atomic mass is 19.1. The molecule has 2 aliphatic heterocycles. The van der Waals surface area contributed by atoms with E-state index in [9.17, 15) is 4.39 Å². The summed E-state index contributed by atoms with van der Waals surface area (Å²) in [6, 6.07) is 4.52. The average molecular weight is 333 g/mol. The fourth-order valence-electron chi connectivity index (χ4n) is 4.20. The fourth-order valence-corrected chi connectivity index (χ4v) is 4.20. The molecule has 24 heavy (non-hydrogen) atoms. The largest absolute Gasteiger partial charge is 0.357 e. The van der Waals surface area contributed by atoms with Gasteiger partial charge in [0.15, 0.2) is 5.58 Å². The highest BCUT2D eigenvalue weighted by Gasteiger charge is 2.48. The van der Waals surface area contributed by atoms with Crippen molar-refractivity contribution >= 4 is 11.0 Å². The standard InChI is InChI=1S/C18H24FN3O2/c1-2-18(22-9-4-3-5-10-22)17(20-8-11-23-18)16-14-7-6-13(19)12-15(14)24-21-16/h6-7,12,17,20H,2-5,8-11H2,1H3. The van der Waals surface area contributed by atoms with Gasteiger partial charge < -0.3 is 14.6 Å². The molecule has 1 aromatic heterocycles. The topological polar surface area (TPSA) is 50.5 Å². The maximum Gasteiger partial charge on any atom is 0.170 e. The van der Waals surface area contributed by atoms with Crippen molar-refractivity contribution in [3.63, 3.8) is 0 Å². The van der Waals surface area contributed by atoms with Gasteiger partial charge in [0.05, 0.1) is 12.6 Å². The van der Waals surface area contributed by atoms with Gasteiger partial charge in [-0.2, -0.15) is 0 Å². The molecule has 2 saturated heterocycles. The van der Waals surface area contributed by atoms with Crippen LogP contribution in [0.3, 0.4) is 0 Å². The van der Waals surface area contributed by atoms with Crippen LogP contribution in [0.2, 0.25) is 0 Å². The Morgan fingerprint density at radius 1 is 1.33 bits per heavy atom. The molecule has 2 fully saturated rings. The highest BCUT2D eigenvalue weighted by Crippen LogP contribution is 2.41. The van der Waals surface area contributed by atoms with E-state index >= 15 is 0 Å². The van der Waals surface area contributed by atoms with Crippen LogP contribution in [0.5, 0.6) is 0 Å². The number of piperidine rings is 1. The number of nitrogens with one attached hydrogen (secondary N) is 1. The second kappa shape index (κ2) is 6.43. The first-order chi connectivity index (χ1) is 11.7. The second-order valence-electron chi connectivity index (χ2n) is 6.69. The Bertz CT molecular complexity index is 713. The van der Waals surface area contributed by atoms with Gasteiger partial charge in [-0.3, -0.25) is 4.90 Å². The predicted molar refractivity (Wildman–Crippen MR) is 89.1 cm³/mol. The molecule has 2 aliphatic rings. The summed E-state index contributed by atoms with van der Waals surface area (Å²) >= 11 is 0. The summed E-state index contributed by atoms with van der Waals surface area (Å²) in [6.45, 7) is 5.70. The summed E-state index contributed by atoms with van der Waals surface area (Å²) in [4.78, 5) is 2.46. The molecule has 2 atom stereocenters. The van der Waals surface area contributed by atoms with E-state index in [1.807, 2.05) is 0 Å². The van der Waals surface area contributed by atoms with Crippen LogP contribution in [0.25, 0.3) is 11.0 Å². The summed E-state index contributed by atoms with van der Waals surface area (Å²) in [5.41, 5.74) is 0.884. The van der Waals surface area contributed by atoms with Gasteiger partial charge in [-0.1, -0.05) is 18.5 Å². The fraction of sp³-hybridized carbons (Fsp3) is 0.611. The number of halogens is 1. The van der Waals surface area contributed by atoms with Crippen LogP contribution >= 0.6 is 0 Å². The van der Waals surface area contributed by atoms with E-state index in [2.05, 4.69) is 22.3 Å². The number of rotatable bonds is 3. The number of likely N-dealkylation sites (tertiary alicyclic amines) is 1. The number of hydrogen-bond donors (Lipinski definition) is 1. The lowest BCUT2D eigenvalue weighted by molar-refractivity contribution is -0.204. The lowest BCUT2D eigenvalue weighted by atomic mass is 9.90. The first-order valence-corrected chi connectivity index (χ1v) is 8.92. The van der Waals surface area contributed by atoms with Crippen molar-refractivity contribution in [3.8, 4) is 0 Å². The van der Waals surface area contributed by atoms with Crippen LogP contribution in [-0.4, -0.2) is 42.0 Å². The Morgan fingerprint density at radius 2 is 2.17 bits per heavy atom. The normalized spacial score (nSPS) is 29.2. The van der Waals surface area contributed by atoms with Gasteiger partial charge in [-0.15, -0.1) is 0 Å². The third kappa shape index (κ3) is 2.53. The van der Waals surface area contributed by atoms with Crippen LogP contribution in [0.1, 0.15) is 44.3 Å². The molecular weight excluding hydrogens is 309 g/mol. The lowest BCUT2D eigenvalue weighted by Crippen LogP contribution is -2.63. The molecule has 0 radical (unpaired) electrons. The van der Waals surface area contributed by atoms with Crippen molar-refractivity contribution in [3.05, 3.63) is 29.7 Å². The van der Waals surface area contributed by atoms with Crippen molar-refractivity contribution < 1.29 is 13.7 Å². The van der Waals surface area contributed by atoms with Crippen LogP contribution in [0.15, 0.2) is 22.7 Å². The van der Waals surface area contributed by atoms with Crippen LogP contribution in [-0.2, 0) is 4.74 Å². The summed E-state index contributed by atoms with van der Waals surface area (Å²) in [7, 11) is 0. The van der Waals surface area contributed by atoms with E-state index in [4.69, 9.17) is 9.26 Å². The monoisotopic (exact) mass is 333 g/mol. The molecule has 130 valence electrons. The van der Waals surface area contributed by atoms with E-state index in [0.717, 1.165) is 37.1 Å². The third-order valence-corrected chi connectivity index (χ3v) is 5.39.